The van der Waals surface area contributed by atoms with Crippen molar-refractivity contribution in [1.29, 1.82) is 0 Å². The standard InChI is InChI=1S/C10H20N6S/c1-4-7(6-17-3)16(2)9-5-8(15-12)13-10(11)14-9/h5,7H,4,6,12H2,1-3H3,(H3,11,13,14,15). The first-order valence-corrected chi connectivity index (χ1v) is 6.84. The molecule has 0 radical (unpaired) electrons. The molecule has 7 heteroatoms. The van der Waals surface area contributed by atoms with Crippen LogP contribution in [0.15, 0.2) is 6.07 Å². The van der Waals surface area contributed by atoms with E-state index in [0.717, 1.165) is 18.0 Å². The monoisotopic (exact) mass is 256 g/mol. The molecular formula is C10H20N6S. The van der Waals surface area contributed by atoms with Crippen LogP contribution in [0, 0.1) is 0 Å². The Balaban J connectivity index is 2.93. The number of rotatable bonds is 6. The lowest BCUT2D eigenvalue weighted by atomic mass is 10.2. The van der Waals surface area contributed by atoms with E-state index in [1.54, 1.807) is 6.07 Å². The predicted octanol–water partition coefficient (Wildman–Crippen LogP) is 0.922. The highest BCUT2D eigenvalue weighted by Crippen LogP contribution is 2.19. The van der Waals surface area contributed by atoms with Crippen molar-refractivity contribution in [2.45, 2.75) is 19.4 Å². The maximum atomic E-state index is 5.64. The van der Waals surface area contributed by atoms with Crippen molar-refractivity contribution >= 4 is 29.3 Å². The van der Waals surface area contributed by atoms with Gasteiger partial charge in [-0.2, -0.15) is 21.7 Å². The summed E-state index contributed by atoms with van der Waals surface area (Å²) in [5.74, 6) is 7.91. The number of aromatic nitrogens is 2. The number of nitrogens with one attached hydrogen (secondary N) is 1. The molecule has 1 atom stereocenters. The first kappa shape index (κ1) is 13.9. The van der Waals surface area contributed by atoms with Crippen LogP contribution in [0.1, 0.15) is 13.3 Å². The third kappa shape index (κ3) is 3.64. The molecule has 0 saturated heterocycles. The molecular weight excluding hydrogens is 236 g/mol. The second-order valence-corrected chi connectivity index (χ2v) is 4.65. The largest absolute Gasteiger partial charge is 0.368 e. The van der Waals surface area contributed by atoms with Crippen LogP contribution in [0.25, 0.3) is 0 Å². The van der Waals surface area contributed by atoms with E-state index in [1.807, 2.05) is 18.8 Å². The number of hydrazine groups is 1. The van der Waals surface area contributed by atoms with E-state index in [-0.39, 0.29) is 5.95 Å². The molecule has 1 unspecified atom stereocenters. The van der Waals surface area contributed by atoms with Crippen molar-refractivity contribution in [2.75, 3.05) is 35.1 Å². The molecule has 6 nitrogen and oxygen atoms in total. The Morgan fingerprint density at radius 2 is 2.24 bits per heavy atom. The van der Waals surface area contributed by atoms with Gasteiger partial charge in [-0.15, -0.1) is 0 Å². The summed E-state index contributed by atoms with van der Waals surface area (Å²) < 4.78 is 0. The number of nitrogens with two attached hydrogens (primary N) is 2. The summed E-state index contributed by atoms with van der Waals surface area (Å²) in [4.78, 5) is 10.3. The van der Waals surface area contributed by atoms with Crippen LogP contribution < -0.4 is 21.9 Å². The summed E-state index contributed by atoms with van der Waals surface area (Å²) >= 11 is 1.81. The van der Waals surface area contributed by atoms with Gasteiger partial charge in [0.1, 0.15) is 11.6 Å². The molecule has 1 aromatic heterocycles. The predicted molar refractivity (Wildman–Crippen MR) is 75.1 cm³/mol. The Morgan fingerprint density at radius 1 is 1.53 bits per heavy atom. The van der Waals surface area contributed by atoms with E-state index in [9.17, 15) is 0 Å². The topological polar surface area (TPSA) is 93.1 Å². The van der Waals surface area contributed by atoms with Gasteiger partial charge in [-0.25, -0.2) is 5.84 Å². The van der Waals surface area contributed by atoms with Crippen molar-refractivity contribution in [3.05, 3.63) is 6.07 Å². The number of thioether (sulfide) groups is 1. The van der Waals surface area contributed by atoms with Gasteiger partial charge in [-0.1, -0.05) is 6.92 Å². The van der Waals surface area contributed by atoms with Gasteiger partial charge in [0, 0.05) is 24.9 Å². The van der Waals surface area contributed by atoms with Gasteiger partial charge in [-0.3, -0.25) is 0 Å². The second-order valence-electron chi connectivity index (χ2n) is 3.74. The molecule has 1 rings (SSSR count). The molecule has 0 spiro atoms. The summed E-state index contributed by atoms with van der Waals surface area (Å²) in [5, 5.41) is 0. The lowest BCUT2D eigenvalue weighted by molar-refractivity contribution is 0.666. The normalized spacial score (nSPS) is 12.2. The Bertz CT molecular complexity index is 359. The number of anilines is 3. The Labute approximate surface area is 106 Å². The van der Waals surface area contributed by atoms with Crippen LogP contribution in [0.5, 0.6) is 0 Å². The van der Waals surface area contributed by atoms with Crippen molar-refractivity contribution in [3.63, 3.8) is 0 Å². The fraction of sp³-hybridized carbons (Fsp3) is 0.600. The van der Waals surface area contributed by atoms with Crippen LogP contribution in [-0.2, 0) is 0 Å². The second kappa shape index (κ2) is 6.51. The number of nitrogen functional groups attached to an aromatic ring is 2. The highest BCUT2D eigenvalue weighted by molar-refractivity contribution is 7.98. The minimum absolute atomic E-state index is 0.223. The summed E-state index contributed by atoms with van der Waals surface area (Å²) in [7, 11) is 2.01. The van der Waals surface area contributed by atoms with Crippen molar-refractivity contribution in [2.24, 2.45) is 5.84 Å². The maximum Gasteiger partial charge on any atom is 0.223 e. The van der Waals surface area contributed by atoms with Gasteiger partial charge in [0.25, 0.3) is 0 Å². The SMILES string of the molecule is CCC(CSC)N(C)c1cc(NN)nc(N)n1. The lowest BCUT2D eigenvalue weighted by Crippen LogP contribution is -2.34. The minimum Gasteiger partial charge on any atom is -0.368 e. The Hall–Kier alpha value is -1.21. The summed E-state index contributed by atoms with van der Waals surface area (Å²) in [6, 6.07) is 2.21. The molecule has 0 aliphatic rings. The van der Waals surface area contributed by atoms with Gasteiger partial charge in [0.15, 0.2) is 0 Å². The fourth-order valence-electron chi connectivity index (χ4n) is 1.59. The number of nitrogens with zero attached hydrogens (tertiary/aromatic N) is 3. The first-order valence-electron chi connectivity index (χ1n) is 5.45. The van der Waals surface area contributed by atoms with Gasteiger partial charge in [0.2, 0.25) is 5.95 Å². The molecule has 0 aliphatic heterocycles. The smallest absolute Gasteiger partial charge is 0.223 e. The van der Waals surface area contributed by atoms with Gasteiger partial charge in [0.05, 0.1) is 0 Å². The zero-order valence-electron chi connectivity index (χ0n) is 10.5. The molecule has 0 aromatic carbocycles. The quantitative estimate of drug-likeness (QED) is 0.515. The first-order chi connectivity index (χ1) is 8.12. The molecule has 1 aromatic rings. The van der Waals surface area contributed by atoms with E-state index in [1.165, 1.54) is 0 Å². The van der Waals surface area contributed by atoms with Crippen molar-refractivity contribution < 1.29 is 0 Å². The number of hydrogen-bond acceptors (Lipinski definition) is 7. The van der Waals surface area contributed by atoms with E-state index in [0.29, 0.717) is 11.9 Å². The van der Waals surface area contributed by atoms with Gasteiger partial charge >= 0.3 is 0 Å². The zero-order valence-corrected chi connectivity index (χ0v) is 11.3. The Morgan fingerprint density at radius 3 is 2.76 bits per heavy atom. The maximum absolute atomic E-state index is 5.64. The van der Waals surface area contributed by atoms with Crippen LogP contribution in [0.3, 0.4) is 0 Å². The van der Waals surface area contributed by atoms with Crippen LogP contribution >= 0.6 is 11.8 Å². The third-order valence-corrected chi connectivity index (χ3v) is 3.34. The molecule has 1 heterocycles. The van der Waals surface area contributed by atoms with Crippen molar-refractivity contribution in [3.8, 4) is 0 Å². The molecule has 0 fully saturated rings. The zero-order chi connectivity index (χ0) is 12.8. The Kier molecular flexibility index (Phi) is 5.30. The fourth-order valence-corrected chi connectivity index (χ4v) is 2.43. The molecule has 0 bridgehead atoms. The molecule has 17 heavy (non-hydrogen) atoms. The van der Waals surface area contributed by atoms with E-state index in [4.69, 9.17) is 11.6 Å². The van der Waals surface area contributed by atoms with Crippen LogP contribution in [0.2, 0.25) is 0 Å². The molecule has 96 valence electrons. The lowest BCUT2D eigenvalue weighted by Gasteiger charge is -2.28. The average molecular weight is 256 g/mol. The van der Waals surface area contributed by atoms with Crippen LogP contribution in [-0.4, -0.2) is 35.1 Å². The molecule has 0 saturated carbocycles. The average Bonchev–Trinajstić information content (AvgIpc) is 2.34. The van der Waals surface area contributed by atoms with Gasteiger partial charge < -0.3 is 16.1 Å². The minimum atomic E-state index is 0.223. The third-order valence-electron chi connectivity index (χ3n) is 2.62. The van der Waals surface area contributed by atoms with E-state index in [2.05, 4.69) is 33.5 Å². The molecule has 0 aliphatic carbocycles. The summed E-state index contributed by atoms with van der Waals surface area (Å²) in [6.07, 6.45) is 3.14. The molecule has 5 N–H and O–H groups in total. The van der Waals surface area contributed by atoms with Crippen LogP contribution in [0.4, 0.5) is 17.6 Å². The number of hydrogen-bond donors (Lipinski definition) is 3. The van der Waals surface area contributed by atoms with Crippen molar-refractivity contribution in [1.82, 2.24) is 9.97 Å². The highest BCUT2D eigenvalue weighted by Gasteiger charge is 2.15. The summed E-state index contributed by atoms with van der Waals surface area (Å²) in [6.45, 7) is 2.16. The summed E-state index contributed by atoms with van der Waals surface area (Å²) in [5.41, 5.74) is 8.13. The van der Waals surface area contributed by atoms with E-state index < -0.39 is 0 Å². The highest BCUT2D eigenvalue weighted by atomic mass is 32.2. The van der Waals surface area contributed by atoms with Gasteiger partial charge in [-0.05, 0) is 12.7 Å². The molecule has 0 amide bonds. The van der Waals surface area contributed by atoms with E-state index >= 15 is 0 Å².